The molecule has 1 fully saturated rings. The summed E-state index contributed by atoms with van der Waals surface area (Å²) in [6.07, 6.45) is 1.75. The van der Waals surface area contributed by atoms with Crippen molar-refractivity contribution >= 4 is 9.84 Å². The highest BCUT2D eigenvalue weighted by Crippen LogP contribution is 2.08. The molecule has 1 heterocycles. The summed E-state index contributed by atoms with van der Waals surface area (Å²) in [6.45, 7) is 0. The third-order valence-corrected chi connectivity index (χ3v) is 2.98. The molecule has 0 radical (unpaired) electrons. The monoisotopic (exact) mass is 154 g/mol. The topological polar surface area (TPSA) is 74.6 Å². The Balaban J connectivity index is 0.000000291. The zero-order valence-electron chi connectivity index (χ0n) is 4.95. The fourth-order valence-electron chi connectivity index (χ4n) is 0.746. The minimum absolute atomic E-state index is 0.424. The average molecular weight is 154 g/mol. The van der Waals surface area contributed by atoms with E-state index in [9.17, 15) is 8.42 Å². The molecule has 1 saturated heterocycles. The standard InChI is InChI=1S/C4H8O2S.H2O2/c5-7(6)3-1-2-4-7;1-2/h1-4H2;1-2H. The van der Waals surface area contributed by atoms with Crippen LogP contribution in [0.4, 0.5) is 0 Å². The van der Waals surface area contributed by atoms with Crippen molar-refractivity contribution in [1.29, 1.82) is 0 Å². The van der Waals surface area contributed by atoms with E-state index >= 15 is 0 Å². The molecule has 0 aromatic rings. The highest BCUT2D eigenvalue weighted by Gasteiger charge is 2.16. The van der Waals surface area contributed by atoms with Crippen molar-refractivity contribution in [3.8, 4) is 0 Å². The van der Waals surface area contributed by atoms with E-state index in [0.717, 1.165) is 12.8 Å². The van der Waals surface area contributed by atoms with Crippen LogP contribution in [0.3, 0.4) is 0 Å². The van der Waals surface area contributed by atoms with Crippen molar-refractivity contribution in [1.82, 2.24) is 0 Å². The second-order valence-electron chi connectivity index (χ2n) is 1.86. The lowest BCUT2D eigenvalue weighted by molar-refractivity contribution is -0.176. The molecule has 0 amide bonds. The summed E-state index contributed by atoms with van der Waals surface area (Å²) in [6, 6.07) is 0. The van der Waals surface area contributed by atoms with E-state index in [1.54, 1.807) is 0 Å². The third-order valence-electron chi connectivity index (χ3n) is 1.16. The van der Waals surface area contributed by atoms with Crippen molar-refractivity contribution in [2.75, 3.05) is 11.5 Å². The lowest BCUT2D eigenvalue weighted by atomic mass is 10.4. The summed E-state index contributed by atoms with van der Waals surface area (Å²) in [5.74, 6) is 0.847. The molecule has 2 N–H and O–H groups in total. The van der Waals surface area contributed by atoms with Gasteiger partial charge in [-0.05, 0) is 12.8 Å². The molecule has 0 bridgehead atoms. The van der Waals surface area contributed by atoms with Crippen LogP contribution < -0.4 is 0 Å². The summed E-state index contributed by atoms with van der Waals surface area (Å²) in [4.78, 5) is 0. The van der Waals surface area contributed by atoms with Gasteiger partial charge in [0.15, 0.2) is 0 Å². The Morgan fingerprint density at radius 3 is 1.44 bits per heavy atom. The Kier molecular flexibility index (Phi) is 3.76. The Labute approximate surface area is 54.0 Å². The Morgan fingerprint density at radius 2 is 1.33 bits per heavy atom. The highest BCUT2D eigenvalue weighted by molar-refractivity contribution is 7.91. The molecular weight excluding hydrogens is 144 g/mol. The number of rotatable bonds is 0. The van der Waals surface area contributed by atoms with Gasteiger partial charge >= 0.3 is 0 Å². The maximum Gasteiger partial charge on any atom is 0.150 e. The van der Waals surface area contributed by atoms with Crippen LogP contribution in [0.2, 0.25) is 0 Å². The molecule has 9 heavy (non-hydrogen) atoms. The van der Waals surface area contributed by atoms with Gasteiger partial charge in [0.05, 0.1) is 11.5 Å². The van der Waals surface area contributed by atoms with Gasteiger partial charge in [0.25, 0.3) is 0 Å². The first-order chi connectivity index (χ1) is 4.21. The van der Waals surface area contributed by atoms with Gasteiger partial charge in [-0.3, -0.25) is 10.5 Å². The van der Waals surface area contributed by atoms with E-state index in [0.29, 0.717) is 11.5 Å². The van der Waals surface area contributed by atoms with Gasteiger partial charge in [-0.25, -0.2) is 8.42 Å². The van der Waals surface area contributed by atoms with E-state index in [4.69, 9.17) is 10.5 Å². The Hall–Kier alpha value is -0.130. The SMILES string of the molecule is O=S1(=O)CCCC1.OO. The molecule has 56 valence electrons. The minimum Gasteiger partial charge on any atom is -0.255 e. The van der Waals surface area contributed by atoms with Gasteiger partial charge in [0.2, 0.25) is 0 Å². The quantitative estimate of drug-likeness (QED) is 0.386. The molecule has 5 heteroatoms. The first kappa shape index (κ1) is 8.87. The molecule has 0 unspecified atom stereocenters. The highest BCUT2D eigenvalue weighted by atomic mass is 32.2. The maximum atomic E-state index is 10.4. The van der Waals surface area contributed by atoms with Crippen LogP contribution in [0, 0.1) is 0 Å². The number of hydrogen-bond donors (Lipinski definition) is 2. The second kappa shape index (κ2) is 3.81. The van der Waals surface area contributed by atoms with Crippen LogP contribution >= 0.6 is 0 Å². The van der Waals surface area contributed by atoms with Gasteiger partial charge in [-0.1, -0.05) is 0 Å². The van der Waals surface area contributed by atoms with Gasteiger partial charge in [0, 0.05) is 0 Å². The summed E-state index contributed by atoms with van der Waals surface area (Å²) < 4.78 is 20.9. The lowest BCUT2D eigenvalue weighted by Crippen LogP contribution is -1.98. The molecule has 1 aliphatic heterocycles. The van der Waals surface area contributed by atoms with Crippen LogP contribution in [0.5, 0.6) is 0 Å². The molecule has 1 rings (SSSR count). The molecule has 0 atom stereocenters. The molecule has 0 aromatic heterocycles. The predicted octanol–water partition coefficient (Wildman–Crippen LogP) is 0.212. The zero-order valence-corrected chi connectivity index (χ0v) is 5.76. The molecule has 0 aromatic carbocycles. The van der Waals surface area contributed by atoms with Crippen LogP contribution in [0.1, 0.15) is 12.8 Å². The van der Waals surface area contributed by atoms with Gasteiger partial charge < -0.3 is 0 Å². The summed E-state index contributed by atoms with van der Waals surface area (Å²) in [5.41, 5.74) is 0. The Morgan fingerprint density at radius 1 is 1.00 bits per heavy atom. The molecule has 0 aliphatic carbocycles. The molecule has 4 nitrogen and oxygen atoms in total. The number of hydrogen-bond acceptors (Lipinski definition) is 4. The van der Waals surface area contributed by atoms with Gasteiger partial charge in [-0.15, -0.1) is 0 Å². The van der Waals surface area contributed by atoms with Crippen molar-refractivity contribution in [2.24, 2.45) is 0 Å². The number of sulfone groups is 1. The van der Waals surface area contributed by atoms with Crippen LogP contribution in [0.25, 0.3) is 0 Å². The Bertz CT molecular complexity index is 136. The van der Waals surface area contributed by atoms with E-state index in [1.165, 1.54) is 0 Å². The smallest absolute Gasteiger partial charge is 0.150 e. The van der Waals surface area contributed by atoms with E-state index in [-0.39, 0.29) is 0 Å². The first-order valence-electron chi connectivity index (χ1n) is 2.61. The van der Waals surface area contributed by atoms with Gasteiger partial charge in [0.1, 0.15) is 9.84 Å². The molecule has 1 aliphatic rings. The van der Waals surface area contributed by atoms with E-state index in [1.807, 2.05) is 0 Å². The fraction of sp³-hybridized carbons (Fsp3) is 1.00. The second-order valence-corrected chi connectivity index (χ2v) is 4.16. The van der Waals surface area contributed by atoms with Crippen molar-refractivity contribution in [3.63, 3.8) is 0 Å². The van der Waals surface area contributed by atoms with Crippen LogP contribution in [0.15, 0.2) is 0 Å². The molecule has 0 saturated carbocycles. The minimum atomic E-state index is -2.55. The van der Waals surface area contributed by atoms with E-state index in [2.05, 4.69) is 0 Å². The first-order valence-corrected chi connectivity index (χ1v) is 4.43. The normalized spacial score (nSPS) is 22.4. The maximum absolute atomic E-state index is 10.4. The fourth-order valence-corrected chi connectivity index (χ4v) is 2.24. The van der Waals surface area contributed by atoms with Crippen molar-refractivity contribution in [2.45, 2.75) is 12.8 Å². The predicted molar refractivity (Wildman–Crippen MR) is 33.1 cm³/mol. The van der Waals surface area contributed by atoms with Gasteiger partial charge in [-0.2, -0.15) is 0 Å². The average Bonchev–Trinajstić information content (AvgIpc) is 2.19. The van der Waals surface area contributed by atoms with Crippen LogP contribution in [-0.4, -0.2) is 30.4 Å². The summed E-state index contributed by atoms with van der Waals surface area (Å²) in [7, 11) is -2.55. The molecule has 0 spiro atoms. The summed E-state index contributed by atoms with van der Waals surface area (Å²) >= 11 is 0. The largest absolute Gasteiger partial charge is 0.255 e. The zero-order chi connectivity index (χ0) is 7.33. The third kappa shape index (κ3) is 3.45. The van der Waals surface area contributed by atoms with Crippen LogP contribution in [-0.2, 0) is 9.84 Å². The molecular formula is C4H10O4S. The van der Waals surface area contributed by atoms with Crippen molar-refractivity contribution < 1.29 is 18.9 Å². The van der Waals surface area contributed by atoms with Crippen molar-refractivity contribution in [3.05, 3.63) is 0 Å². The summed E-state index contributed by atoms with van der Waals surface area (Å²) in [5, 5.41) is 12.0. The van der Waals surface area contributed by atoms with E-state index < -0.39 is 9.84 Å². The lowest BCUT2D eigenvalue weighted by Gasteiger charge is -1.81.